The van der Waals surface area contributed by atoms with E-state index < -0.39 is 15.9 Å². The molecule has 0 aromatic heterocycles. The average molecular weight is 542 g/mol. The molecule has 36 heavy (non-hydrogen) atoms. The van der Waals surface area contributed by atoms with Crippen molar-refractivity contribution in [2.75, 3.05) is 45.9 Å². The van der Waals surface area contributed by atoms with Crippen LogP contribution in [0, 0.1) is 11.8 Å². The Hall–Kier alpha value is -0.290. The zero-order valence-corrected chi connectivity index (χ0v) is 24.7. The largest absolute Gasteiger partial charge is 0.396 e. The van der Waals surface area contributed by atoms with Crippen LogP contribution in [0.15, 0.2) is 0 Å². The number of unbranched alkanes of at least 4 members (excludes halogenated alkanes) is 2. The van der Waals surface area contributed by atoms with Crippen molar-refractivity contribution in [1.82, 2.24) is 0 Å². The molecule has 1 N–H and O–H groups in total. The zero-order valence-electron chi connectivity index (χ0n) is 24.9. The Kier molecular flexibility index (Phi) is 18.5. The molecule has 8 nitrogen and oxygen atoms in total. The first-order valence-corrected chi connectivity index (χ1v) is 15.7. The van der Waals surface area contributed by atoms with Crippen LogP contribution < -0.4 is 0 Å². The number of aliphatic hydroxyl groups is 1. The van der Waals surface area contributed by atoms with Crippen LogP contribution in [0.4, 0.5) is 0 Å². The maximum absolute atomic E-state index is 10.9. The molecule has 0 radical (unpaired) electrons. The summed E-state index contributed by atoms with van der Waals surface area (Å²) < 4.78 is 56.2. The lowest BCUT2D eigenvalue weighted by Gasteiger charge is -2.40. The summed E-state index contributed by atoms with van der Waals surface area (Å²) in [5, 5.41) is 9.05. The standard InChI is InChI=1S/C13H26O3.C12H24O5S.C2H6/c1-3-5-7-13(8-6-4-2)15-10-12(9-14)11-16-13;1-4-6-12(7-5-2)15-8-11(9-16-12)10-17-18(3,13)14;1-2/h12,14H,3-11H2,1-2H3;11H,4-10H2,1-3H3;1-2H3/i;;1D. The first-order chi connectivity index (χ1) is 17.6. The minimum atomic E-state index is -3.38. The topological polar surface area (TPSA) is 101 Å². The molecular weight excluding hydrogens is 484 g/mol. The summed E-state index contributed by atoms with van der Waals surface area (Å²) in [6, 6.07) is 0. The lowest BCUT2D eigenvalue weighted by Crippen LogP contribution is -2.45. The van der Waals surface area contributed by atoms with Crippen molar-refractivity contribution in [1.29, 1.82) is 0 Å². The highest BCUT2D eigenvalue weighted by molar-refractivity contribution is 7.85. The van der Waals surface area contributed by atoms with Gasteiger partial charge in [-0.15, -0.1) is 0 Å². The smallest absolute Gasteiger partial charge is 0.264 e. The molecule has 2 rings (SSSR count). The van der Waals surface area contributed by atoms with Gasteiger partial charge in [0.25, 0.3) is 10.1 Å². The van der Waals surface area contributed by atoms with E-state index in [9.17, 15) is 8.42 Å². The van der Waals surface area contributed by atoms with Crippen molar-refractivity contribution >= 4 is 10.1 Å². The molecular formula is C27H56O8S. The fourth-order valence-corrected chi connectivity index (χ4v) is 4.60. The molecule has 0 saturated carbocycles. The van der Waals surface area contributed by atoms with E-state index in [0.717, 1.165) is 57.6 Å². The average Bonchev–Trinajstić information content (AvgIpc) is 2.87. The molecule has 9 heteroatoms. The molecule has 0 spiro atoms. The van der Waals surface area contributed by atoms with Crippen molar-refractivity contribution in [2.24, 2.45) is 11.8 Å². The van der Waals surface area contributed by atoms with Gasteiger partial charge in [-0.2, -0.15) is 8.42 Å². The van der Waals surface area contributed by atoms with Crippen LogP contribution in [0.3, 0.4) is 0 Å². The van der Waals surface area contributed by atoms with E-state index in [-0.39, 0.29) is 30.8 Å². The van der Waals surface area contributed by atoms with E-state index in [2.05, 4.69) is 27.7 Å². The van der Waals surface area contributed by atoms with E-state index in [0.29, 0.717) is 33.3 Å². The number of hydrogen-bond acceptors (Lipinski definition) is 8. The molecule has 2 heterocycles. The van der Waals surface area contributed by atoms with Gasteiger partial charge in [0.05, 0.1) is 45.9 Å². The number of aliphatic hydroxyl groups excluding tert-OH is 1. The molecule has 0 amide bonds. The molecule has 0 aromatic rings. The van der Waals surface area contributed by atoms with Crippen LogP contribution in [0.1, 0.15) is 107 Å². The van der Waals surface area contributed by atoms with Gasteiger partial charge in [0, 0.05) is 38.9 Å². The maximum Gasteiger partial charge on any atom is 0.264 e. The summed E-state index contributed by atoms with van der Waals surface area (Å²) in [4.78, 5) is 0. The number of hydrogen-bond donors (Lipinski definition) is 1. The summed E-state index contributed by atoms with van der Waals surface area (Å²) in [6.45, 7) is 13.4. The minimum Gasteiger partial charge on any atom is -0.396 e. The summed E-state index contributed by atoms with van der Waals surface area (Å²) in [7, 11) is -3.38. The molecule has 2 aliphatic heterocycles. The molecule has 218 valence electrons. The number of rotatable bonds is 14. The second-order valence-electron chi connectivity index (χ2n) is 9.68. The van der Waals surface area contributed by atoms with Gasteiger partial charge in [0.15, 0.2) is 11.6 Å². The second kappa shape index (κ2) is 19.7. The van der Waals surface area contributed by atoms with Gasteiger partial charge in [0.1, 0.15) is 0 Å². The second-order valence-corrected chi connectivity index (χ2v) is 11.3. The first-order valence-electron chi connectivity index (χ1n) is 14.6. The molecule has 2 saturated heterocycles. The van der Waals surface area contributed by atoms with Gasteiger partial charge in [0.2, 0.25) is 0 Å². The van der Waals surface area contributed by atoms with Crippen molar-refractivity contribution in [3.63, 3.8) is 0 Å². The first kappa shape index (κ1) is 33.7. The monoisotopic (exact) mass is 541 g/mol. The fourth-order valence-electron chi connectivity index (χ4n) is 4.16. The maximum atomic E-state index is 10.9. The third kappa shape index (κ3) is 14.6. The van der Waals surface area contributed by atoms with E-state index in [1.807, 2.05) is 0 Å². The van der Waals surface area contributed by atoms with Gasteiger partial charge in [-0.25, -0.2) is 0 Å². The third-order valence-corrected chi connectivity index (χ3v) is 6.75. The van der Waals surface area contributed by atoms with Crippen LogP contribution in [0.25, 0.3) is 0 Å². The molecule has 2 aliphatic rings. The molecule has 0 aliphatic carbocycles. The quantitative estimate of drug-likeness (QED) is 0.281. The molecule has 0 bridgehead atoms. The van der Waals surface area contributed by atoms with Crippen molar-refractivity contribution < 1.29 is 38.0 Å². The Morgan fingerprint density at radius 2 is 1.19 bits per heavy atom. The Morgan fingerprint density at radius 3 is 1.53 bits per heavy atom. The van der Waals surface area contributed by atoms with E-state index in [1.165, 1.54) is 12.8 Å². The molecule has 0 unspecified atom stereocenters. The summed E-state index contributed by atoms with van der Waals surface area (Å²) in [6.07, 6.45) is 11.4. The lowest BCUT2D eigenvalue weighted by atomic mass is 10.00. The Balaban J connectivity index is 0.000000637. The summed E-state index contributed by atoms with van der Waals surface area (Å²) in [5.74, 6) is -0.666. The van der Waals surface area contributed by atoms with E-state index in [1.54, 1.807) is 6.92 Å². The van der Waals surface area contributed by atoms with Crippen molar-refractivity contribution in [3.05, 3.63) is 0 Å². The van der Waals surface area contributed by atoms with Crippen LogP contribution in [0.5, 0.6) is 0 Å². The summed E-state index contributed by atoms with van der Waals surface area (Å²) >= 11 is 0. The lowest BCUT2D eigenvalue weighted by molar-refractivity contribution is -0.292. The van der Waals surface area contributed by atoms with Crippen LogP contribution in [0.2, 0.25) is 0 Å². The Bertz CT molecular complexity index is 612. The highest BCUT2D eigenvalue weighted by Crippen LogP contribution is 2.32. The number of ether oxygens (including phenoxy) is 4. The highest BCUT2D eigenvalue weighted by atomic mass is 32.2. The van der Waals surface area contributed by atoms with Crippen molar-refractivity contribution in [2.45, 2.75) is 117 Å². The van der Waals surface area contributed by atoms with E-state index in [4.69, 9.17) is 29.6 Å². The molecule has 0 aromatic carbocycles. The SMILES string of the molecule is CCCC1(CCC)OCC(COS(C)(=O)=O)CO1.CCCCC1(CCCC)OCC(CO)CO1.[2H]CC. The van der Waals surface area contributed by atoms with Gasteiger partial charge in [-0.05, 0) is 12.8 Å². The third-order valence-electron chi connectivity index (χ3n) is 6.19. The van der Waals surface area contributed by atoms with Crippen LogP contribution in [-0.4, -0.2) is 71.0 Å². The van der Waals surface area contributed by atoms with Crippen LogP contribution >= 0.6 is 0 Å². The molecule has 2 fully saturated rings. The molecule has 0 atom stereocenters. The fraction of sp³-hybridized carbons (Fsp3) is 1.00. The summed E-state index contributed by atoms with van der Waals surface area (Å²) in [5.41, 5.74) is 0. The van der Waals surface area contributed by atoms with Gasteiger partial charge in [-0.1, -0.05) is 67.2 Å². The van der Waals surface area contributed by atoms with Crippen LogP contribution in [-0.2, 0) is 33.2 Å². The Labute approximate surface area is 223 Å². The minimum absolute atomic E-state index is 0.0124. The normalized spacial score (nSPS) is 20.5. The van der Waals surface area contributed by atoms with Gasteiger partial charge in [-0.3, -0.25) is 4.18 Å². The van der Waals surface area contributed by atoms with Gasteiger partial charge >= 0.3 is 0 Å². The van der Waals surface area contributed by atoms with E-state index >= 15 is 0 Å². The predicted octanol–water partition coefficient (Wildman–Crippen LogP) is 5.67. The van der Waals surface area contributed by atoms with Crippen molar-refractivity contribution in [3.8, 4) is 0 Å². The zero-order chi connectivity index (χ0) is 28.2. The highest BCUT2D eigenvalue weighted by Gasteiger charge is 2.37. The Morgan fingerprint density at radius 1 is 0.806 bits per heavy atom. The van der Waals surface area contributed by atoms with Gasteiger partial charge < -0.3 is 24.1 Å². The predicted molar refractivity (Wildman–Crippen MR) is 144 cm³/mol.